The van der Waals surface area contributed by atoms with Crippen molar-refractivity contribution in [2.24, 2.45) is 0 Å². The first-order chi connectivity index (χ1) is 14.2. The summed E-state index contributed by atoms with van der Waals surface area (Å²) in [5.41, 5.74) is 3.14. The summed E-state index contributed by atoms with van der Waals surface area (Å²) in [6.07, 6.45) is 3.69. The van der Waals surface area contributed by atoms with E-state index in [-0.39, 0.29) is 24.6 Å². The van der Waals surface area contributed by atoms with E-state index in [1.165, 1.54) is 12.1 Å². The van der Waals surface area contributed by atoms with Crippen molar-refractivity contribution in [3.63, 3.8) is 0 Å². The number of fused-ring (bicyclic) bond motifs is 3. The zero-order valence-electron chi connectivity index (χ0n) is 15.9. The third-order valence-corrected chi connectivity index (χ3v) is 5.03. The third kappa shape index (κ3) is 3.81. The van der Waals surface area contributed by atoms with E-state index in [2.05, 4.69) is 10.3 Å². The highest BCUT2D eigenvalue weighted by Gasteiger charge is 2.18. The van der Waals surface area contributed by atoms with Crippen molar-refractivity contribution in [2.45, 2.75) is 19.6 Å². The smallest absolute Gasteiger partial charge is 0.258 e. The van der Waals surface area contributed by atoms with Crippen molar-refractivity contribution < 1.29 is 13.5 Å². The van der Waals surface area contributed by atoms with Crippen molar-refractivity contribution >= 4 is 23.4 Å². The highest BCUT2D eigenvalue weighted by Crippen LogP contribution is 2.29. The zero-order chi connectivity index (χ0) is 19.8. The molecular formula is C22H19ClFN3O3. The van der Waals surface area contributed by atoms with Gasteiger partial charge >= 0.3 is 0 Å². The standard InChI is InChI=1S/C22H18FN3O3.ClH/c23-14-1-2-15(25-11-14)13-28-17-6-8-26(22(27)10-17)16-3-4-20-18(9-16)19-12-24-7-5-21(19)29-20;/h1-4,6,8-11,24H,5,7,12-13H2;1H. The molecule has 0 amide bonds. The van der Waals surface area contributed by atoms with Crippen LogP contribution in [0.4, 0.5) is 4.39 Å². The Morgan fingerprint density at radius 1 is 1.20 bits per heavy atom. The summed E-state index contributed by atoms with van der Waals surface area (Å²) in [6, 6.07) is 11.8. The second-order valence-corrected chi connectivity index (χ2v) is 6.94. The minimum atomic E-state index is -0.400. The van der Waals surface area contributed by atoms with Crippen LogP contribution in [0.1, 0.15) is 17.0 Å². The molecule has 154 valence electrons. The monoisotopic (exact) mass is 427 g/mol. The topological polar surface area (TPSA) is 69.3 Å². The van der Waals surface area contributed by atoms with Crippen LogP contribution in [0.25, 0.3) is 16.7 Å². The molecule has 4 heterocycles. The second kappa shape index (κ2) is 8.30. The number of nitrogens with zero attached hydrogens (tertiary/aromatic N) is 2. The van der Waals surface area contributed by atoms with E-state index >= 15 is 0 Å². The second-order valence-electron chi connectivity index (χ2n) is 6.94. The number of halogens is 2. The number of benzene rings is 1. The summed E-state index contributed by atoms with van der Waals surface area (Å²) in [4.78, 5) is 16.6. The first kappa shape index (κ1) is 20.1. The maximum absolute atomic E-state index is 12.9. The molecule has 0 radical (unpaired) electrons. The summed E-state index contributed by atoms with van der Waals surface area (Å²) < 4.78 is 26.0. The molecule has 8 heteroatoms. The van der Waals surface area contributed by atoms with Gasteiger partial charge in [-0.05, 0) is 36.4 Å². The van der Waals surface area contributed by atoms with Crippen LogP contribution < -0.4 is 15.6 Å². The first-order valence-corrected chi connectivity index (χ1v) is 9.39. The van der Waals surface area contributed by atoms with Gasteiger partial charge in [-0.25, -0.2) is 4.39 Å². The molecule has 0 aliphatic carbocycles. The Labute approximate surface area is 177 Å². The Morgan fingerprint density at radius 3 is 2.90 bits per heavy atom. The molecule has 1 aliphatic rings. The number of nitrogens with one attached hydrogen (secondary N) is 1. The number of aromatic nitrogens is 2. The molecule has 1 aromatic carbocycles. The van der Waals surface area contributed by atoms with E-state index in [1.54, 1.807) is 22.9 Å². The van der Waals surface area contributed by atoms with E-state index < -0.39 is 5.82 Å². The summed E-state index contributed by atoms with van der Waals surface area (Å²) in [5.74, 6) is 1.05. The number of furan rings is 1. The van der Waals surface area contributed by atoms with Crippen molar-refractivity contribution in [2.75, 3.05) is 6.54 Å². The highest BCUT2D eigenvalue weighted by molar-refractivity contribution is 5.85. The van der Waals surface area contributed by atoms with Gasteiger partial charge in [-0.2, -0.15) is 0 Å². The van der Waals surface area contributed by atoms with Gasteiger partial charge in [-0.1, -0.05) is 0 Å². The fraction of sp³-hybridized carbons (Fsp3) is 0.182. The third-order valence-electron chi connectivity index (χ3n) is 5.03. The minimum Gasteiger partial charge on any atom is -0.487 e. The average Bonchev–Trinajstić information content (AvgIpc) is 3.11. The van der Waals surface area contributed by atoms with Crippen LogP contribution in [-0.2, 0) is 19.6 Å². The number of hydrogen-bond acceptors (Lipinski definition) is 5. The number of ether oxygens (including phenoxy) is 1. The largest absolute Gasteiger partial charge is 0.487 e. The van der Waals surface area contributed by atoms with Crippen molar-refractivity contribution in [1.82, 2.24) is 14.9 Å². The van der Waals surface area contributed by atoms with Gasteiger partial charge in [0.1, 0.15) is 29.5 Å². The average molecular weight is 428 g/mol. The van der Waals surface area contributed by atoms with Crippen LogP contribution in [0, 0.1) is 5.82 Å². The summed E-state index contributed by atoms with van der Waals surface area (Å²) in [7, 11) is 0. The molecule has 0 saturated carbocycles. The molecule has 0 spiro atoms. The molecule has 0 bridgehead atoms. The number of rotatable bonds is 4. The van der Waals surface area contributed by atoms with E-state index in [4.69, 9.17) is 9.15 Å². The Balaban J connectivity index is 0.00000218. The summed E-state index contributed by atoms with van der Waals surface area (Å²) in [6.45, 7) is 1.84. The van der Waals surface area contributed by atoms with Crippen LogP contribution in [0.5, 0.6) is 5.75 Å². The number of hydrogen-bond donors (Lipinski definition) is 1. The van der Waals surface area contributed by atoms with E-state index in [9.17, 15) is 9.18 Å². The lowest BCUT2D eigenvalue weighted by Crippen LogP contribution is -2.22. The maximum Gasteiger partial charge on any atom is 0.258 e. The van der Waals surface area contributed by atoms with Gasteiger partial charge in [0.15, 0.2) is 0 Å². The van der Waals surface area contributed by atoms with Gasteiger partial charge in [0, 0.05) is 48.4 Å². The molecule has 1 aliphatic heterocycles. The predicted octanol–water partition coefficient (Wildman–Crippen LogP) is 3.76. The van der Waals surface area contributed by atoms with Gasteiger partial charge in [-0.15, -0.1) is 12.4 Å². The quantitative estimate of drug-likeness (QED) is 0.537. The molecule has 4 aromatic rings. The Hall–Kier alpha value is -3.16. The molecule has 30 heavy (non-hydrogen) atoms. The van der Waals surface area contributed by atoms with E-state index in [1.807, 2.05) is 18.2 Å². The van der Waals surface area contributed by atoms with Gasteiger partial charge in [-0.3, -0.25) is 14.3 Å². The van der Waals surface area contributed by atoms with Gasteiger partial charge < -0.3 is 14.5 Å². The lowest BCUT2D eigenvalue weighted by molar-refractivity contribution is 0.300. The zero-order valence-corrected chi connectivity index (χ0v) is 16.7. The molecule has 0 unspecified atom stereocenters. The molecule has 0 saturated heterocycles. The summed E-state index contributed by atoms with van der Waals surface area (Å²) >= 11 is 0. The Bertz CT molecular complexity index is 1250. The Kier molecular flexibility index (Phi) is 5.57. The normalized spacial score (nSPS) is 13.0. The van der Waals surface area contributed by atoms with Crippen LogP contribution in [0.15, 0.2) is 64.1 Å². The number of pyridine rings is 2. The van der Waals surface area contributed by atoms with Crippen molar-refractivity contribution in [3.05, 3.63) is 88.0 Å². The molecular weight excluding hydrogens is 409 g/mol. The molecule has 5 rings (SSSR count). The molecule has 0 atom stereocenters. The lowest BCUT2D eigenvalue weighted by Gasteiger charge is -2.11. The fourth-order valence-corrected chi connectivity index (χ4v) is 3.56. The molecule has 6 nitrogen and oxygen atoms in total. The molecule has 3 aromatic heterocycles. The minimum absolute atomic E-state index is 0. The van der Waals surface area contributed by atoms with E-state index in [0.29, 0.717) is 11.4 Å². The van der Waals surface area contributed by atoms with Gasteiger partial charge in [0.05, 0.1) is 11.9 Å². The van der Waals surface area contributed by atoms with Crippen LogP contribution in [0.3, 0.4) is 0 Å². The highest BCUT2D eigenvalue weighted by atomic mass is 35.5. The van der Waals surface area contributed by atoms with Crippen molar-refractivity contribution in [1.29, 1.82) is 0 Å². The maximum atomic E-state index is 12.9. The van der Waals surface area contributed by atoms with Crippen LogP contribution >= 0.6 is 12.4 Å². The Morgan fingerprint density at radius 2 is 2.10 bits per heavy atom. The first-order valence-electron chi connectivity index (χ1n) is 9.39. The summed E-state index contributed by atoms with van der Waals surface area (Å²) in [5, 5.41) is 4.38. The molecule has 1 N–H and O–H groups in total. The SMILES string of the molecule is Cl.O=c1cc(OCc2ccc(F)cn2)ccn1-c1ccc2oc3c(c2c1)CNCC3. The van der Waals surface area contributed by atoms with Gasteiger partial charge in [0.25, 0.3) is 5.56 Å². The lowest BCUT2D eigenvalue weighted by atomic mass is 10.1. The van der Waals surface area contributed by atoms with E-state index in [0.717, 1.165) is 53.7 Å². The fourth-order valence-electron chi connectivity index (χ4n) is 3.56. The van der Waals surface area contributed by atoms with Crippen LogP contribution in [-0.4, -0.2) is 16.1 Å². The predicted molar refractivity (Wildman–Crippen MR) is 113 cm³/mol. The van der Waals surface area contributed by atoms with Crippen LogP contribution in [0.2, 0.25) is 0 Å². The molecule has 0 fully saturated rings. The van der Waals surface area contributed by atoms with Crippen molar-refractivity contribution in [3.8, 4) is 11.4 Å². The van der Waals surface area contributed by atoms with Gasteiger partial charge in [0.2, 0.25) is 0 Å².